The molecule has 216 valence electrons. The highest BCUT2D eigenvalue weighted by Crippen LogP contribution is 2.35. The highest BCUT2D eigenvalue weighted by Gasteiger charge is 2.39. The van der Waals surface area contributed by atoms with Gasteiger partial charge < -0.3 is 4.74 Å². The molecule has 3 aromatic carbocycles. The van der Waals surface area contributed by atoms with Gasteiger partial charge in [-0.25, -0.2) is 8.42 Å². The number of ether oxygens (including phenoxy) is 1. The largest absolute Gasteiger partial charge is 0.417 e. The van der Waals surface area contributed by atoms with E-state index >= 15 is 0 Å². The molecule has 0 spiro atoms. The summed E-state index contributed by atoms with van der Waals surface area (Å²) in [6.45, 7) is 0.757. The molecule has 0 bridgehead atoms. The molecule has 4 rings (SSSR count). The first-order valence-electron chi connectivity index (χ1n) is 12.2. The molecule has 0 saturated carbocycles. The van der Waals surface area contributed by atoms with Crippen LogP contribution in [0, 0.1) is 0 Å². The third-order valence-corrected chi connectivity index (χ3v) is 8.75. The summed E-state index contributed by atoms with van der Waals surface area (Å²) in [5, 5.41) is 0.503. The summed E-state index contributed by atoms with van der Waals surface area (Å²) < 4.78 is 112. The second kappa shape index (κ2) is 12.1. The van der Waals surface area contributed by atoms with E-state index in [0.29, 0.717) is 17.1 Å². The molecule has 0 aromatic heterocycles. The van der Waals surface area contributed by atoms with Gasteiger partial charge in [-0.1, -0.05) is 48.0 Å². The van der Waals surface area contributed by atoms with Crippen LogP contribution in [0.2, 0.25) is 5.02 Å². The van der Waals surface area contributed by atoms with Crippen LogP contribution in [-0.4, -0.2) is 50.3 Å². The van der Waals surface area contributed by atoms with Crippen molar-refractivity contribution in [1.29, 1.82) is 0 Å². The molecule has 0 aliphatic carbocycles. The Morgan fingerprint density at radius 1 is 0.800 bits per heavy atom. The summed E-state index contributed by atoms with van der Waals surface area (Å²) in [5.74, 6) is 0. The summed E-state index contributed by atoms with van der Waals surface area (Å²) >= 11 is 6.01. The van der Waals surface area contributed by atoms with Crippen molar-refractivity contribution in [2.45, 2.75) is 30.0 Å². The molecule has 13 heteroatoms. The minimum atomic E-state index is -4.82. The van der Waals surface area contributed by atoms with Crippen molar-refractivity contribution in [3.8, 4) is 0 Å². The van der Waals surface area contributed by atoms with Gasteiger partial charge in [-0.2, -0.15) is 30.6 Å². The maximum absolute atomic E-state index is 13.4. The normalized spacial score (nSPS) is 16.7. The van der Waals surface area contributed by atoms with Crippen LogP contribution in [0.1, 0.15) is 28.4 Å². The van der Waals surface area contributed by atoms with Crippen LogP contribution in [-0.2, 0) is 33.7 Å². The first kappa shape index (κ1) is 30.3. The third kappa shape index (κ3) is 7.35. The monoisotopic (exact) mass is 606 g/mol. The quantitative estimate of drug-likeness (QED) is 0.270. The molecule has 5 nitrogen and oxygen atoms in total. The Labute approximate surface area is 233 Å². The van der Waals surface area contributed by atoms with Gasteiger partial charge in [0, 0.05) is 37.7 Å². The molecular weight excluding hydrogens is 582 g/mol. The molecule has 0 amide bonds. The minimum absolute atomic E-state index is 0.0218. The van der Waals surface area contributed by atoms with Gasteiger partial charge in [-0.15, -0.1) is 0 Å². The van der Waals surface area contributed by atoms with E-state index in [1.165, 1.54) is 18.2 Å². The van der Waals surface area contributed by atoms with Gasteiger partial charge in [0.15, 0.2) is 0 Å². The lowest BCUT2D eigenvalue weighted by Crippen LogP contribution is -2.49. The fourth-order valence-electron chi connectivity index (χ4n) is 4.37. The van der Waals surface area contributed by atoms with E-state index in [9.17, 15) is 34.8 Å². The maximum atomic E-state index is 13.4. The Kier molecular flexibility index (Phi) is 9.15. The molecule has 1 atom stereocenters. The SMILES string of the molecule is O=S(=O)(c1ccccc1C(F)(F)F)N1CCN(CC(OCc2ccc(C(F)(F)F)cc2)c2ccc(Cl)cc2)CC1. The van der Waals surface area contributed by atoms with Gasteiger partial charge in [-0.3, -0.25) is 4.90 Å². The van der Waals surface area contributed by atoms with Gasteiger partial charge in [-0.05, 0) is 47.5 Å². The van der Waals surface area contributed by atoms with Crippen LogP contribution in [0.15, 0.2) is 77.7 Å². The van der Waals surface area contributed by atoms with Crippen molar-refractivity contribution in [3.63, 3.8) is 0 Å². The van der Waals surface area contributed by atoms with E-state index in [1.54, 1.807) is 24.3 Å². The summed E-state index contributed by atoms with van der Waals surface area (Å²) in [6.07, 6.45) is -9.80. The number of hydrogen-bond acceptors (Lipinski definition) is 4. The van der Waals surface area contributed by atoms with Crippen molar-refractivity contribution in [1.82, 2.24) is 9.21 Å². The lowest BCUT2D eigenvalue weighted by atomic mass is 10.1. The van der Waals surface area contributed by atoms with Gasteiger partial charge in [0.25, 0.3) is 0 Å². The van der Waals surface area contributed by atoms with E-state index in [4.69, 9.17) is 16.3 Å². The number of nitrogens with zero attached hydrogens (tertiary/aromatic N) is 2. The summed E-state index contributed by atoms with van der Waals surface area (Å²) in [4.78, 5) is 1.14. The van der Waals surface area contributed by atoms with Crippen molar-refractivity contribution >= 4 is 21.6 Å². The number of sulfonamides is 1. The molecule has 1 heterocycles. The minimum Gasteiger partial charge on any atom is -0.368 e. The van der Waals surface area contributed by atoms with Gasteiger partial charge in [0.2, 0.25) is 10.0 Å². The fourth-order valence-corrected chi connectivity index (χ4v) is 6.13. The molecular formula is C27H25ClF6N2O3S. The van der Waals surface area contributed by atoms with E-state index < -0.39 is 44.5 Å². The molecule has 3 aromatic rings. The number of rotatable bonds is 8. The van der Waals surface area contributed by atoms with Crippen LogP contribution < -0.4 is 0 Å². The molecule has 0 radical (unpaired) electrons. The molecule has 1 unspecified atom stereocenters. The lowest BCUT2D eigenvalue weighted by molar-refractivity contribution is -0.140. The Morgan fingerprint density at radius 3 is 1.98 bits per heavy atom. The molecule has 0 N–H and O–H groups in total. The topological polar surface area (TPSA) is 49.9 Å². The summed E-state index contributed by atoms with van der Waals surface area (Å²) in [6, 6.07) is 15.6. The fraction of sp³-hybridized carbons (Fsp3) is 0.333. The number of halogens is 7. The lowest BCUT2D eigenvalue weighted by Gasteiger charge is -2.36. The van der Waals surface area contributed by atoms with Crippen molar-refractivity contribution < 1.29 is 39.5 Å². The van der Waals surface area contributed by atoms with Gasteiger partial charge in [0.05, 0.1) is 28.7 Å². The third-order valence-electron chi connectivity index (χ3n) is 6.54. The van der Waals surface area contributed by atoms with E-state index in [0.717, 1.165) is 40.2 Å². The van der Waals surface area contributed by atoms with E-state index in [1.807, 2.05) is 4.90 Å². The highest BCUT2D eigenvalue weighted by atomic mass is 35.5. The Bertz CT molecular complexity index is 1390. The molecule has 40 heavy (non-hydrogen) atoms. The van der Waals surface area contributed by atoms with Crippen LogP contribution in [0.4, 0.5) is 26.3 Å². The Hall–Kier alpha value is -2.64. The van der Waals surface area contributed by atoms with Crippen LogP contribution in [0.5, 0.6) is 0 Å². The predicted octanol–water partition coefficient (Wildman–Crippen LogP) is 6.64. The maximum Gasteiger partial charge on any atom is 0.417 e. The van der Waals surface area contributed by atoms with Crippen molar-refractivity contribution in [2.75, 3.05) is 32.7 Å². The Morgan fingerprint density at radius 2 is 1.40 bits per heavy atom. The molecule has 1 aliphatic heterocycles. The van der Waals surface area contributed by atoms with Crippen molar-refractivity contribution in [2.24, 2.45) is 0 Å². The first-order chi connectivity index (χ1) is 18.7. The second-order valence-corrected chi connectivity index (χ2v) is 11.6. The van der Waals surface area contributed by atoms with Gasteiger partial charge >= 0.3 is 12.4 Å². The van der Waals surface area contributed by atoms with Gasteiger partial charge in [0.1, 0.15) is 0 Å². The van der Waals surface area contributed by atoms with Crippen LogP contribution >= 0.6 is 11.6 Å². The smallest absolute Gasteiger partial charge is 0.368 e. The molecule has 1 fully saturated rings. The second-order valence-electron chi connectivity index (χ2n) is 9.24. The van der Waals surface area contributed by atoms with Crippen LogP contribution in [0.25, 0.3) is 0 Å². The van der Waals surface area contributed by atoms with E-state index in [2.05, 4.69) is 0 Å². The zero-order chi connectivity index (χ0) is 29.1. The van der Waals surface area contributed by atoms with Crippen molar-refractivity contribution in [3.05, 3.63) is 100 Å². The average Bonchev–Trinajstić information content (AvgIpc) is 2.91. The molecule has 1 saturated heterocycles. The number of hydrogen-bond donors (Lipinski definition) is 0. The number of benzene rings is 3. The van der Waals surface area contributed by atoms with Crippen LogP contribution in [0.3, 0.4) is 0 Å². The zero-order valence-corrected chi connectivity index (χ0v) is 22.5. The predicted molar refractivity (Wildman–Crippen MR) is 137 cm³/mol. The summed E-state index contributed by atoms with van der Waals surface area (Å²) in [5.41, 5.74) is -0.690. The molecule has 1 aliphatic rings. The summed E-state index contributed by atoms with van der Waals surface area (Å²) in [7, 11) is -4.38. The Balaban J connectivity index is 1.44. The average molecular weight is 607 g/mol. The number of alkyl halides is 6. The first-order valence-corrected chi connectivity index (χ1v) is 14.0. The number of piperazine rings is 1. The van der Waals surface area contributed by atoms with E-state index in [-0.39, 0.29) is 32.8 Å². The zero-order valence-electron chi connectivity index (χ0n) is 20.9. The highest BCUT2D eigenvalue weighted by molar-refractivity contribution is 7.89. The standard InChI is InChI=1S/C27H25ClF6N2O3S/c28-22-11-7-20(8-12-22)24(39-18-19-5-9-21(10-6-19)26(29,30)31)17-35-13-15-36(16-14-35)40(37,38)25-4-2-1-3-23(25)27(32,33)34/h1-12,24H,13-18H2.